The molecule has 0 spiro atoms. The first kappa shape index (κ1) is 18.8. The van der Waals surface area contributed by atoms with Crippen LogP contribution in [0.4, 0.5) is 0 Å². The molecule has 1 aromatic carbocycles. The number of amides is 1. The van der Waals surface area contributed by atoms with Gasteiger partial charge < -0.3 is 14.6 Å². The van der Waals surface area contributed by atoms with Gasteiger partial charge >= 0.3 is 5.97 Å². The van der Waals surface area contributed by atoms with Gasteiger partial charge in [0.1, 0.15) is 0 Å². The molecule has 1 aliphatic rings. The summed E-state index contributed by atoms with van der Waals surface area (Å²) in [6, 6.07) is 11.3. The molecule has 0 bridgehead atoms. The highest BCUT2D eigenvalue weighted by atomic mass is 16.4. The van der Waals surface area contributed by atoms with Crippen LogP contribution in [0.1, 0.15) is 34.4 Å². The molecule has 2 heterocycles. The third kappa shape index (κ3) is 3.50. The zero-order valence-corrected chi connectivity index (χ0v) is 15.6. The molecule has 142 valence electrons. The lowest BCUT2D eigenvalue weighted by Crippen LogP contribution is -2.41. The summed E-state index contributed by atoms with van der Waals surface area (Å²) in [6.07, 6.45) is 1.80. The molecular weight excluding hydrogens is 346 g/mol. The van der Waals surface area contributed by atoms with E-state index in [1.165, 1.54) is 22.9 Å². The second-order valence-electron chi connectivity index (χ2n) is 7.04. The van der Waals surface area contributed by atoms with Crippen LogP contribution in [0.15, 0.2) is 53.5 Å². The Morgan fingerprint density at radius 1 is 1.11 bits per heavy atom. The standard InChI is InChI=1S/C20H23N3O4/c1-21(2)19(25)16-11-15(18(22(16)3)13-7-5-4-6-8-13)23-12-14(20(26)27)9-10-17(23)24/h4-10,12,15-16,18H,11H2,1-3H3,(H,26,27)/t15-,16+,18+/m1/s1. The number of likely N-dealkylation sites (N-methyl/N-ethyl adjacent to an activating group) is 2. The summed E-state index contributed by atoms with van der Waals surface area (Å²) in [4.78, 5) is 40.1. The van der Waals surface area contributed by atoms with Crippen LogP contribution in [-0.4, -0.2) is 58.5 Å². The van der Waals surface area contributed by atoms with Crippen molar-refractivity contribution in [2.45, 2.75) is 24.5 Å². The molecular formula is C20H23N3O4. The molecule has 7 heteroatoms. The maximum Gasteiger partial charge on any atom is 0.337 e. The number of carboxylic acids is 1. The van der Waals surface area contributed by atoms with E-state index in [-0.39, 0.29) is 29.1 Å². The van der Waals surface area contributed by atoms with Crippen molar-refractivity contribution in [2.24, 2.45) is 0 Å². The van der Waals surface area contributed by atoms with E-state index in [1.807, 2.05) is 42.3 Å². The summed E-state index contributed by atoms with van der Waals surface area (Å²) < 4.78 is 1.46. The van der Waals surface area contributed by atoms with Gasteiger partial charge in [-0.1, -0.05) is 30.3 Å². The lowest BCUT2D eigenvalue weighted by Gasteiger charge is -2.29. The molecule has 1 amide bonds. The van der Waals surface area contributed by atoms with Crippen LogP contribution in [0, 0.1) is 0 Å². The summed E-state index contributed by atoms with van der Waals surface area (Å²) in [5.41, 5.74) is 0.746. The van der Waals surface area contributed by atoms with Crippen molar-refractivity contribution in [3.05, 3.63) is 70.1 Å². The molecule has 0 radical (unpaired) electrons. The molecule has 0 saturated carbocycles. The molecule has 0 aliphatic carbocycles. The number of hydrogen-bond donors (Lipinski definition) is 1. The number of pyridine rings is 1. The Kier molecular flexibility index (Phi) is 5.14. The summed E-state index contributed by atoms with van der Waals surface area (Å²) in [5.74, 6) is -1.13. The minimum atomic E-state index is -1.09. The van der Waals surface area contributed by atoms with Gasteiger partial charge in [0, 0.05) is 26.4 Å². The number of benzene rings is 1. The molecule has 0 unspecified atom stereocenters. The Hall–Kier alpha value is -2.93. The van der Waals surface area contributed by atoms with Crippen LogP contribution < -0.4 is 5.56 Å². The van der Waals surface area contributed by atoms with Gasteiger partial charge in [-0.25, -0.2) is 4.79 Å². The van der Waals surface area contributed by atoms with Crippen molar-refractivity contribution in [2.75, 3.05) is 21.1 Å². The zero-order chi connectivity index (χ0) is 19.7. The third-order valence-corrected chi connectivity index (χ3v) is 5.17. The van der Waals surface area contributed by atoms with Crippen LogP contribution in [0.25, 0.3) is 0 Å². The first-order valence-corrected chi connectivity index (χ1v) is 8.74. The maximum absolute atomic E-state index is 12.7. The third-order valence-electron chi connectivity index (χ3n) is 5.17. The number of hydrogen-bond acceptors (Lipinski definition) is 4. The zero-order valence-electron chi connectivity index (χ0n) is 15.6. The van der Waals surface area contributed by atoms with Gasteiger partial charge in [-0.15, -0.1) is 0 Å². The van der Waals surface area contributed by atoms with Gasteiger partial charge in [0.25, 0.3) is 5.56 Å². The second-order valence-corrected chi connectivity index (χ2v) is 7.04. The number of nitrogens with zero attached hydrogens (tertiary/aromatic N) is 3. The van der Waals surface area contributed by atoms with E-state index in [0.29, 0.717) is 6.42 Å². The van der Waals surface area contributed by atoms with E-state index in [9.17, 15) is 19.5 Å². The predicted molar refractivity (Wildman–Crippen MR) is 101 cm³/mol. The smallest absolute Gasteiger partial charge is 0.337 e. The molecule has 3 atom stereocenters. The number of carbonyl (C=O) groups is 2. The van der Waals surface area contributed by atoms with Crippen LogP contribution in [0.3, 0.4) is 0 Å². The largest absolute Gasteiger partial charge is 0.478 e. The topological polar surface area (TPSA) is 82.9 Å². The second kappa shape index (κ2) is 7.36. The fourth-order valence-electron chi connectivity index (χ4n) is 3.82. The van der Waals surface area contributed by atoms with Crippen LogP contribution in [0.5, 0.6) is 0 Å². The molecule has 1 aliphatic heterocycles. The van der Waals surface area contributed by atoms with Gasteiger partial charge in [0.05, 0.1) is 23.7 Å². The van der Waals surface area contributed by atoms with Gasteiger partial charge in [0.15, 0.2) is 0 Å². The van der Waals surface area contributed by atoms with Crippen molar-refractivity contribution < 1.29 is 14.7 Å². The number of rotatable bonds is 4. The number of carboxylic acid groups (broad SMARTS) is 1. The predicted octanol–water partition coefficient (Wildman–Crippen LogP) is 1.62. The number of aromatic nitrogens is 1. The number of carbonyl (C=O) groups excluding carboxylic acids is 1. The lowest BCUT2D eigenvalue weighted by molar-refractivity contribution is -0.133. The minimum Gasteiger partial charge on any atom is -0.478 e. The monoisotopic (exact) mass is 369 g/mol. The maximum atomic E-state index is 12.7. The molecule has 1 N–H and O–H groups in total. The van der Waals surface area contributed by atoms with Crippen molar-refractivity contribution in [1.82, 2.24) is 14.4 Å². The number of likely N-dealkylation sites (tertiary alicyclic amines) is 1. The fourth-order valence-corrected chi connectivity index (χ4v) is 3.82. The summed E-state index contributed by atoms with van der Waals surface area (Å²) >= 11 is 0. The SMILES string of the molecule is CN(C)C(=O)[C@@H]1C[C@@H](n2cc(C(=O)O)ccc2=O)[C@H](c2ccccc2)N1C. The molecule has 1 fully saturated rings. The van der Waals surface area contributed by atoms with Crippen molar-refractivity contribution in [1.29, 1.82) is 0 Å². The van der Waals surface area contributed by atoms with Gasteiger partial charge in [-0.2, -0.15) is 0 Å². The van der Waals surface area contributed by atoms with E-state index in [0.717, 1.165) is 5.56 Å². The first-order chi connectivity index (χ1) is 12.8. The molecule has 2 aromatic rings. The Morgan fingerprint density at radius 2 is 1.78 bits per heavy atom. The highest BCUT2D eigenvalue weighted by Crippen LogP contribution is 2.42. The van der Waals surface area contributed by atoms with Crippen LogP contribution >= 0.6 is 0 Å². The van der Waals surface area contributed by atoms with Crippen molar-refractivity contribution in [3.63, 3.8) is 0 Å². The average Bonchev–Trinajstić information content (AvgIpc) is 2.98. The van der Waals surface area contributed by atoms with Crippen molar-refractivity contribution >= 4 is 11.9 Å². The van der Waals surface area contributed by atoms with Gasteiger partial charge in [-0.05, 0) is 25.1 Å². The van der Waals surface area contributed by atoms with Crippen molar-refractivity contribution in [3.8, 4) is 0 Å². The Morgan fingerprint density at radius 3 is 2.37 bits per heavy atom. The van der Waals surface area contributed by atoms with Crippen LogP contribution in [0.2, 0.25) is 0 Å². The molecule has 3 rings (SSSR count). The number of aromatic carboxylic acids is 1. The normalized spacial score (nSPS) is 22.6. The lowest BCUT2D eigenvalue weighted by atomic mass is 9.99. The van der Waals surface area contributed by atoms with Gasteiger partial charge in [0.2, 0.25) is 5.91 Å². The highest BCUT2D eigenvalue weighted by Gasteiger charge is 2.44. The summed E-state index contributed by atoms with van der Waals surface area (Å²) in [7, 11) is 5.28. The molecule has 1 saturated heterocycles. The van der Waals surface area contributed by atoms with E-state index >= 15 is 0 Å². The molecule has 7 nitrogen and oxygen atoms in total. The molecule has 1 aromatic heterocycles. The van der Waals surface area contributed by atoms with E-state index in [1.54, 1.807) is 19.0 Å². The average molecular weight is 369 g/mol. The van der Waals surface area contributed by atoms with E-state index < -0.39 is 12.0 Å². The summed E-state index contributed by atoms with van der Waals surface area (Å²) in [6.45, 7) is 0. The fraction of sp³-hybridized carbons (Fsp3) is 0.350. The minimum absolute atomic E-state index is 0.0385. The first-order valence-electron chi connectivity index (χ1n) is 8.74. The Balaban J connectivity index is 2.11. The highest BCUT2D eigenvalue weighted by molar-refractivity contribution is 5.87. The molecule has 27 heavy (non-hydrogen) atoms. The summed E-state index contributed by atoms with van der Waals surface area (Å²) in [5, 5.41) is 9.30. The van der Waals surface area contributed by atoms with E-state index in [2.05, 4.69) is 0 Å². The van der Waals surface area contributed by atoms with Gasteiger partial charge in [-0.3, -0.25) is 14.5 Å². The quantitative estimate of drug-likeness (QED) is 0.886. The Labute approximate surface area is 157 Å². The Bertz CT molecular complexity index is 907. The van der Waals surface area contributed by atoms with E-state index in [4.69, 9.17) is 0 Å². The van der Waals surface area contributed by atoms with Crippen LogP contribution in [-0.2, 0) is 4.79 Å².